The van der Waals surface area contributed by atoms with E-state index >= 15 is 0 Å². The number of aromatic nitrogens is 1. The molecule has 7 heteroatoms. The highest BCUT2D eigenvalue weighted by atomic mass is 19.3. The van der Waals surface area contributed by atoms with Gasteiger partial charge in [0.05, 0.1) is 12.2 Å². The first-order chi connectivity index (χ1) is 12.1. The molecule has 25 heavy (non-hydrogen) atoms. The van der Waals surface area contributed by atoms with Crippen LogP contribution in [0, 0.1) is 0 Å². The number of aliphatic imine (C=N–C) groups is 1. The quantitative estimate of drug-likeness (QED) is 0.623. The van der Waals surface area contributed by atoms with Gasteiger partial charge in [-0.1, -0.05) is 12.1 Å². The fourth-order valence-corrected chi connectivity index (χ4v) is 2.78. The number of hydrogen-bond acceptors (Lipinski definition) is 3. The van der Waals surface area contributed by atoms with E-state index < -0.39 is 13.0 Å². The van der Waals surface area contributed by atoms with Crippen LogP contribution in [-0.2, 0) is 19.4 Å². The van der Waals surface area contributed by atoms with Gasteiger partial charge in [0.2, 0.25) is 5.88 Å². The summed E-state index contributed by atoms with van der Waals surface area (Å²) in [5.41, 5.74) is 10.2. The zero-order valence-corrected chi connectivity index (χ0v) is 13.7. The number of guanidine groups is 1. The highest BCUT2D eigenvalue weighted by Gasteiger charge is 2.11. The highest BCUT2D eigenvalue weighted by Crippen LogP contribution is 2.24. The average molecular weight is 346 g/mol. The molecule has 0 saturated heterocycles. The lowest BCUT2D eigenvalue weighted by Crippen LogP contribution is -2.22. The summed E-state index contributed by atoms with van der Waals surface area (Å²) in [6.07, 6.45) is 0.889. The second-order valence-corrected chi connectivity index (χ2v) is 5.83. The number of aryl methyl sites for hydroxylation is 2. The van der Waals surface area contributed by atoms with E-state index in [0.717, 1.165) is 18.5 Å². The monoisotopic (exact) mass is 346 g/mol. The van der Waals surface area contributed by atoms with Crippen LogP contribution in [0.15, 0.2) is 41.4 Å². The molecular weight excluding hydrogens is 326 g/mol. The van der Waals surface area contributed by atoms with Gasteiger partial charge in [-0.05, 0) is 48.6 Å². The summed E-state index contributed by atoms with van der Waals surface area (Å²) in [6.45, 7) is -0.447. The third-order valence-electron chi connectivity index (χ3n) is 3.92. The van der Waals surface area contributed by atoms with E-state index in [1.807, 2.05) is 6.07 Å². The van der Waals surface area contributed by atoms with E-state index in [2.05, 4.69) is 27.4 Å². The number of nitrogens with zero attached hydrogens (tertiary/aromatic N) is 2. The van der Waals surface area contributed by atoms with Crippen molar-refractivity contribution in [1.29, 1.82) is 0 Å². The molecule has 0 fully saturated rings. The number of halogens is 2. The van der Waals surface area contributed by atoms with Crippen LogP contribution in [0.2, 0.25) is 0 Å². The molecule has 0 radical (unpaired) electrons. The molecule has 3 rings (SSSR count). The Morgan fingerprint density at radius 1 is 1.24 bits per heavy atom. The number of pyridine rings is 1. The lowest BCUT2D eigenvalue weighted by Gasteiger charge is -2.08. The van der Waals surface area contributed by atoms with Crippen LogP contribution in [-0.4, -0.2) is 24.0 Å². The van der Waals surface area contributed by atoms with Gasteiger partial charge in [-0.25, -0.2) is 18.8 Å². The second-order valence-electron chi connectivity index (χ2n) is 5.83. The molecule has 0 unspecified atom stereocenters. The maximum atomic E-state index is 12.2. The number of benzene rings is 1. The van der Waals surface area contributed by atoms with Gasteiger partial charge in [-0.2, -0.15) is 0 Å². The summed E-state index contributed by atoms with van der Waals surface area (Å²) in [5, 5.41) is 3.07. The van der Waals surface area contributed by atoms with Crippen molar-refractivity contribution in [3.8, 4) is 5.88 Å². The minimum Gasteiger partial charge on any atom is -0.472 e. The van der Waals surface area contributed by atoms with E-state index in [4.69, 9.17) is 10.5 Å². The van der Waals surface area contributed by atoms with Gasteiger partial charge in [0, 0.05) is 11.8 Å². The van der Waals surface area contributed by atoms with Crippen LogP contribution < -0.4 is 15.8 Å². The number of alkyl halides is 2. The Morgan fingerprint density at radius 3 is 2.92 bits per heavy atom. The SMILES string of the molecule is NC(=NCc1cccc(OCC(F)F)n1)Nc1ccc2c(c1)CCC2. The molecule has 1 aromatic carbocycles. The molecule has 132 valence electrons. The Hall–Kier alpha value is -2.70. The maximum Gasteiger partial charge on any atom is 0.272 e. The molecule has 0 aliphatic heterocycles. The Morgan fingerprint density at radius 2 is 2.08 bits per heavy atom. The summed E-state index contributed by atoms with van der Waals surface area (Å²) >= 11 is 0. The first kappa shape index (κ1) is 17.1. The molecule has 1 heterocycles. The van der Waals surface area contributed by atoms with Crippen LogP contribution in [0.5, 0.6) is 5.88 Å². The van der Waals surface area contributed by atoms with Crippen LogP contribution in [0.25, 0.3) is 0 Å². The molecule has 0 saturated carbocycles. The first-order valence-corrected chi connectivity index (χ1v) is 8.16. The van der Waals surface area contributed by atoms with E-state index in [9.17, 15) is 8.78 Å². The molecule has 0 bridgehead atoms. The smallest absolute Gasteiger partial charge is 0.272 e. The van der Waals surface area contributed by atoms with Crippen LogP contribution >= 0.6 is 0 Å². The van der Waals surface area contributed by atoms with Crippen molar-refractivity contribution in [2.75, 3.05) is 11.9 Å². The molecule has 3 N–H and O–H groups in total. The Bertz CT molecular complexity index is 764. The normalized spacial score (nSPS) is 13.8. The molecular formula is C18H20F2N4O. The van der Waals surface area contributed by atoms with Crippen molar-refractivity contribution in [1.82, 2.24) is 4.98 Å². The van der Waals surface area contributed by atoms with Crippen molar-refractivity contribution < 1.29 is 13.5 Å². The Balaban J connectivity index is 1.58. The number of fused-ring (bicyclic) bond motifs is 1. The minimum absolute atomic E-state index is 0.151. The molecule has 0 atom stereocenters. The van der Waals surface area contributed by atoms with E-state index in [1.54, 1.807) is 12.1 Å². The number of rotatable bonds is 6. The molecule has 5 nitrogen and oxygen atoms in total. The van der Waals surface area contributed by atoms with Gasteiger partial charge in [0.15, 0.2) is 12.6 Å². The van der Waals surface area contributed by atoms with Gasteiger partial charge in [-0.15, -0.1) is 0 Å². The van der Waals surface area contributed by atoms with Crippen LogP contribution in [0.4, 0.5) is 14.5 Å². The lowest BCUT2D eigenvalue weighted by atomic mass is 10.1. The first-order valence-electron chi connectivity index (χ1n) is 8.16. The number of ether oxygens (including phenoxy) is 1. The van der Waals surface area contributed by atoms with Gasteiger partial charge >= 0.3 is 0 Å². The topological polar surface area (TPSA) is 72.5 Å². The van der Waals surface area contributed by atoms with Gasteiger partial charge in [-0.3, -0.25) is 0 Å². The minimum atomic E-state index is -2.53. The zero-order chi connectivity index (χ0) is 17.6. The third-order valence-corrected chi connectivity index (χ3v) is 3.92. The molecule has 0 amide bonds. The fraction of sp³-hybridized carbons (Fsp3) is 0.333. The summed E-state index contributed by atoms with van der Waals surface area (Å²) in [4.78, 5) is 8.36. The van der Waals surface area contributed by atoms with Crippen molar-refractivity contribution >= 4 is 11.6 Å². The summed E-state index contributed by atoms with van der Waals surface area (Å²) < 4.78 is 29.2. The highest BCUT2D eigenvalue weighted by molar-refractivity contribution is 5.92. The Kier molecular flexibility index (Phi) is 5.42. The standard InChI is InChI=1S/C18H20F2N4O/c19-16(20)11-25-17-6-2-5-15(23-17)10-22-18(21)24-14-8-7-12-3-1-4-13(12)9-14/h2,5-9,16H,1,3-4,10-11H2,(H3,21,22,24). The predicted octanol–water partition coefficient (Wildman–Crippen LogP) is 3.14. The van der Waals surface area contributed by atoms with Gasteiger partial charge in [0.25, 0.3) is 6.43 Å². The van der Waals surface area contributed by atoms with Crippen molar-refractivity contribution in [2.24, 2.45) is 10.7 Å². The molecule has 1 aliphatic rings. The van der Waals surface area contributed by atoms with E-state index in [1.165, 1.54) is 23.6 Å². The maximum absolute atomic E-state index is 12.2. The number of nitrogens with one attached hydrogen (secondary N) is 1. The van der Waals surface area contributed by atoms with Gasteiger partial charge in [0.1, 0.15) is 0 Å². The summed E-state index contributed by atoms with van der Waals surface area (Å²) in [6, 6.07) is 11.2. The number of nitrogens with two attached hydrogens (primary N) is 1. The zero-order valence-electron chi connectivity index (χ0n) is 13.7. The average Bonchev–Trinajstić information content (AvgIpc) is 3.06. The molecule has 0 spiro atoms. The molecule has 1 aromatic heterocycles. The third kappa shape index (κ3) is 4.89. The Labute approximate surface area is 144 Å². The molecule has 2 aromatic rings. The lowest BCUT2D eigenvalue weighted by molar-refractivity contribution is 0.0795. The second kappa shape index (κ2) is 7.92. The van der Waals surface area contributed by atoms with E-state index in [-0.39, 0.29) is 18.4 Å². The number of hydrogen-bond donors (Lipinski definition) is 2. The van der Waals surface area contributed by atoms with Crippen LogP contribution in [0.3, 0.4) is 0 Å². The van der Waals surface area contributed by atoms with E-state index in [0.29, 0.717) is 5.69 Å². The summed E-state index contributed by atoms with van der Waals surface area (Å²) in [5.74, 6) is 0.428. The van der Waals surface area contributed by atoms with Gasteiger partial charge < -0.3 is 15.8 Å². The number of anilines is 1. The molecule has 1 aliphatic carbocycles. The largest absolute Gasteiger partial charge is 0.472 e. The van der Waals surface area contributed by atoms with Crippen molar-refractivity contribution in [3.05, 3.63) is 53.2 Å². The summed E-state index contributed by atoms with van der Waals surface area (Å²) in [7, 11) is 0. The van der Waals surface area contributed by atoms with Crippen molar-refractivity contribution in [2.45, 2.75) is 32.2 Å². The fourth-order valence-electron chi connectivity index (χ4n) is 2.78. The van der Waals surface area contributed by atoms with Crippen LogP contribution in [0.1, 0.15) is 23.2 Å². The van der Waals surface area contributed by atoms with Crippen molar-refractivity contribution in [3.63, 3.8) is 0 Å². The predicted molar refractivity (Wildman–Crippen MR) is 93.2 cm³/mol.